The van der Waals surface area contributed by atoms with Gasteiger partial charge in [0, 0.05) is 3.57 Å². The van der Waals surface area contributed by atoms with E-state index in [2.05, 4.69) is 65.9 Å². The van der Waals surface area contributed by atoms with Crippen molar-refractivity contribution in [2.24, 2.45) is 0 Å². The van der Waals surface area contributed by atoms with E-state index in [0.717, 1.165) is 0 Å². The molecule has 0 N–H and O–H groups in total. The highest BCUT2D eigenvalue weighted by Gasteiger charge is 1.87. The molecule has 0 aromatic heterocycles. The summed E-state index contributed by atoms with van der Waals surface area (Å²) in [5.41, 5.74) is 1.31. The van der Waals surface area contributed by atoms with Crippen LogP contribution in [-0.2, 0) is 0 Å². The Labute approximate surface area is 107 Å². The van der Waals surface area contributed by atoms with Crippen LogP contribution in [0.2, 0.25) is 0 Å². The maximum absolute atomic E-state index is 2.33. The van der Waals surface area contributed by atoms with E-state index in [-0.39, 0.29) is 0 Å². The van der Waals surface area contributed by atoms with E-state index in [1.165, 1.54) is 41.2 Å². The maximum Gasteiger partial charge on any atom is 0.0130 e. The molecular formula is C14H19I. The predicted octanol–water partition coefficient (Wildman–Crippen LogP) is 5.27. The molecule has 0 heterocycles. The summed E-state index contributed by atoms with van der Waals surface area (Å²) in [6, 6.07) is 8.64. The van der Waals surface area contributed by atoms with Crippen LogP contribution >= 0.6 is 22.6 Å². The van der Waals surface area contributed by atoms with Gasteiger partial charge in [-0.05, 0) is 53.1 Å². The van der Waals surface area contributed by atoms with Crippen molar-refractivity contribution in [2.45, 2.75) is 39.0 Å². The minimum atomic E-state index is 1.21. The first-order valence-electron chi connectivity index (χ1n) is 5.75. The Morgan fingerprint density at radius 1 is 1.07 bits per heavy atom. The Kier molecular flexibility index (Phi) is 6.73. The lowest BCUT2D eigenvalue weighted by Crippen LogP contribution is -1.75. The third-order valence-electron chi connectivity index (χ3n) is 2.40. The summed E-state index contributed by atoms with van der Waals surface area (Å²) in [4.78, 5) is 0. The van der Waals surface area contributed by atoms with Gasteiger partial charge < -0.3 is 0 Å². The highest BCUT2D eigenvalue weighted by molar-refractivity contribution is 14.1. The van der Waals surface area contributed by atoms with Crippen LogP contribution in [0.3, 0.4) is 0 Å². The standard InChI is InChI=1S/C14H19I/c1-2-3-4-5-6-7-8-13-9-11-14(15)12-10-13/h7-12H,2-6H2,1H3/b8-7-. The molecule has 0 amide bonds. The molecule has 0 saturated carbocycles. The normalized spacial score (nSPS) is 11.1. The molecule has 0 bridgehead atoms. The van der Waals surface area contributed by atoms with E-state index in [1.807, 2.05) is 0 Å². The zero-order chi connectivity index (χ0) is 10.9. The lowest BCUT2D eigenvalue weighted by molar-refractivity contribution is 0.675. The van der Waals surface area contributed by atoms with E-state index < -0.39 is 0 Å². The molecule has 1 heteroatoms. The minimum Gasteiger partial charge on any atom is -0.0839 e. The average Bonchev–Trinajstić information content (AvgIpc) is 2.26. The van der Waals surface area contributed by atoms with Crippen LogP contribution in [0.25, 0.3) is 6.08 Å². The van der Waals surface area contributed by atoms with Gasteiger partial charge in [0.05, 0.1) is 0 Å². The predicted molar refractivity (Wildman–Crippen MR) is 77.0 cm³/mol. The summed E-state index contributed by atoms with van der Waals surface area (Å²) >= 11 is 2.33. The Hall–Kier alpha value is -0.310. The van der Waals surface area contributed by atoms with Crippen LogP contribution in [0, 0.1) is 3.57 Å². The van der Waals surface area contributed by atoms with E-state index in [9.17, 15) is 0 Å². The van der Waals surface area contributed by atoms with Gasteiger partial charge in [0.15, 0.2) is 0 Å². The lowest BCUT2D eigenvalue weighted by Gasteiger charge is -1.95. The van der Waals surface area contributed by atoms with Crippen LogP contribution in [0.15, 0.2) is 30.3 Å². The summed E-state index contributed by atoms with van der Waals surface area (Å²) in [7, 11) is 0. The molecule has 1 rings (SSSR count). The fourth-order valence-electron chi connectivity index (χ4n) is 1.48. The van der Waals surface area contributed by atoms with Crippen molar-refractivity contribution < 1.29 is 0 Å². The molecule has 1 aromatic rings. The first-order chi connectivity index (χ1) is 7.33. The fraction of sp³-hybridized carbons (Fsp3) is 0.429. The van der Waals surface area contributed by atoms with Crippen LogP contribution in [0.5, 0.6) is 0 Å². The summed E-state index contributed by atoms with van der Waals surface area (Å²) in [6.45, 7) is 2.25. The van der Waals surface area contributed by atoms with Gasteiger partial charge in [0.25, 0.3) is 0 Å². The van der Waals surface area contributed by atoms with Crippen molar-refractivity contribution >= 4 is 28.7 Å². The third-order valence-corrected chi connectivity index (χ3v) is 3.12. The van der Waals surface area contributed by atoms with E-state index in [1.54, 1.807) is 0 Å². The molecule has 0 aliphatic carbocycles. The molecular weight excluding hydrogens is 295 g/mol. The van der Waals surface area contributed by atoms with Gasteiger partial charge in [-0.2, -0.15) is 0 Å². The molecule has 0 fully saturated rings. The summed E-state index contributed by atoms with van der Waals surface area (Å²) < 4.78 is 1.30. The highest BCUT2D eigenvalue weighted by Crippen LogP contribution is 2.09. The van der Waals surface area contributed by atoms with E-state index in [4.69, 9.17) is 0 Å². The monoisotopic (exact) mass is 314 g/mol. The summed E-state index contributed by atoms with van der Waals surface area (Å²) in [5, 5.41) is 0. The van der Waals surface area contributed by atoms with Crippen molar-refractivity contribution in [3.05, 3.63) is 39.5 Å². The number of hydrogen-bond acceptors (Lipinski definition) is 0. The number of hydrogen-bond donors (Lipinski definition) is 0. The molecule has 0 aliphatic heterocycles. The van der Waals surface area contributed by atoms with Gasteiger partial charge in [-0.1, -0.05) is 50.5 Å². The number of halogens is 1. The Morgan fingerprint density at radius 3 is 2.47 bits per heavy atom. The molecule has 0 aliphatic rings. The van der Waals surface area contributed by atoms with Crippen LogP contribution in [0.1, 0.15) is 44.6 Å². The summed E-state index contributed by atoms with van der Waals surface area (Å²) in [5.74, 6) is 0. The zero-order valence-electron chi connectivity index (χ0n) is 9.38. The molecule has 0 atom stereocenters. The van der Waals surface area contributed by atoms with E-state index in [0.29, 0.717) is 0 Å². The molecule has 0 nitrogen and oxygen atoms in total. The Bertz CT molecular complexity index is 285. The molecule has 0 radical (unpaired) electrons. The molecule has 0 unspecified atom stereocenters. The SMILES string of the molecule is CCCCCC/C=C\c1ccc(I)cc1. The van der Waals surface area contributed by atoms with Crippen molar-refractivity contribution in [3.63, 3.8) is 0 Å². The first-order valence-corrected chi connectivity index (χ1v) is 6.83. The van der Waals surface area contributed by atoms with Crippen molar-refractivity contribution in [1.29, 1.82) is 0 Å². The van der Waals surface area contributed by atoms with Gasteiger partial charge in [-0.25, -0.2) is 0 Å². The quantitative estimate of drug-likeness (QED) is 0.495. The molecule has 15 heavy (non-hydrogen) atoms. The van der Waals surface area contributed by atoms with Crippen molar-refractivity contribution in [1.82, 2.24) is 0 Å². The number of allylic oxidation sites excluding steroid dienone is 1. The summed E-state index contributed by atoms with van der Waals surface area (Å²) in [6.07, 6.45) is 11.1. The minimum absolute atomic E-state index is 1.21. The Balaban J connectivity index is 2.23. The zero-order valence-corrected chi connectivity index (χ0v) is 11.5. The van der Waals surface area contributed by atoms with E-state index >= 15 is 0 Å². The molecule has 1 aromatic carbocycles. The van der Waals surface area contributed by atoms with Crippen LogP contribution in [0.4, 0.5) is 0 Å². The maximum atomic E-state index is 2.33. The second-order valence-electron chi connectivity index (χ2n) is 3.80. The third kappa shape index (κ3) is 5.98. The second kappa shape index (κ2) is 7.91. The highest BCUT2D eigenvalue weighted by atomic mass is 127. The smallest absolute Gasteiger partial charge is 0.0130 e. The van der Waals surface area contributed by atoms with Gasteiger partial charge >= 0.3 is 0 Å². The average molecular weight is 314 g/mol. The number of unbranched alkanes of at least 4 members (excludes halogenated alkanes) is 4. The van der Waals surface area contributed by atoms with Crippen molar-refractivity contribution in [3.8, 4) is 0 Å². The Morgan fingerprint density at radius 2 is 1.80 bits per heavy atom. The fourth-order valence-corrected chi connectivity index (χ4v) is 1.84. The number of benzene rings is 1. The van der Waals surface area contributed by atoms with Crippen LogP contribution in [-0.4, -0.2) is 0 Å². The van der Waals surface area contributed by atoms with Gasteiger partial charge in [0.2, 0.25) is 0 Å². The van der Waals surface area contributed by atoms with Crippen molar-refractivity contribution in [2.75, 3.05) is 0 Å². The second-order valence-corrected chi connectivity index (χ2v) is 5.05. The lowest BCUT2D eigenvalue weighted by atomic mass is 10.1. The first kappa shape index (κ1) is 12.8. The van der Waals surface area contributed by atoms with Gasteiger partial charge in [0.1, 0.15) is 0 Å². The van der Waals surface area contributed by atoms with Gasteiger partial charge in [-0.15, -0.1) is 0 Å². The molecule has 82 valence electrons. The molecule has 0 saturated heterocycles. The molecule has 0 spiro atoms. The largest absolute Gasteiger partial charge is 0.0839 e. The number of rotatable bonds is 6. The van der Waals surface area contributed by atoms with Crippen LogP contribution < -0.4 is 0 Å². The van der Waals surface area contributed by atoms with Gasteiger partial charge in [-0.3, -0.25) is 0 Å². The topological polar surface area (TPSA) is 0 Å².